The van der Waals surface area contributed by atoms with Crippen LogP contribution in [0.25, 0.3) is 0 Å². The third-order valence-electron chi connectivity index (χ3n) is 3.92. The first-order chi connectivity index (χ1) is 9.05. The summed E-state index contributed by atoms with van der Waals surface area (Å²) in [5.74, 6) is -1.02. The zero-order chi connectivity index (χ0) is 13.9. The first-order valence-electron chi connectivity index (χ1n) is 6.53. The Bertz CT molecular complexity index is 441. The average molecular weight is 271 g/mol. The van der Waals surface area contributed by atoms with Crippen LogP contribution in [0.1, 0.15) is 25.7 Å². The zero-order valence-electron chi connectivity index (χ0n) is 10.7. The average Bonchev–Trinajstić information content (AvgIpc) is 2.76. The molecule has 1 saturated carbocycles. The maximum atomic E-state index is 13.3. The SMILES string of the molecule is NC1(CO)CCCC1CCOc1cc(F)ccc1F. The molecule has 0 heterocycles. The van der Waals surface area contributed by atoms with Gasteiger partial charge in [0.2, 0.25) is 0 Å². The van der Waals surface area contributed by atoms with Crippen molar-refractivity contribution in [1.29, 1.82) is 0 Å². The van der Waals surface area contributed by atoms with Gasteiger partial charge in [-0.1, -0.05) is 6.42 Å². The standard InChI is InChI=1S/C14H19F2NO2/c15-11-3-4-12(16)13(8-11)19-7-5-10-2-1-6-14(10,17)9-18/h3-4,8,10,18H,1-2,5-7,9,17H2. The van der Waals surface area contributed by atoms with Gasteiger partial charge in [0.05, 0.1) is 13.2 Å². The second kappa shape index (κ2) is 5.84. The highest BCUT2D eigenvalue weighted by atomic mass is 19.1. The molecule has 1 aromatic rings. The number of benzene rings is 1. The zero-order valence-corrected chi connectivity index (χ0v) is 10.7. The number of hydrogen-bond donors (Lipinski definition) is 2. The van der Waals surface area contributed by atoms with Crippen LogP contribution < -0.4 is 10.5 Å². The molecule has 2 unspecified atom stereocenters. The van der Waals surface area contributed by atoms with Crippen LogP contribution in [0.3, 0.4) is 0 Å². The Hall–Kier alpha value is -1.20. The van der Waals surface area contributed by atoms with Crippen molar-refractivity contribution in [2.75, 3.05) is 13.2 Å². The van der Waals surface area contributed by atoms with Gasteiger partial charge in [0.1, 0.15) is 5.82 Å². The van der Waals surface area contributed by atoms with Crippen LogP contribution in [0.5, 0.6) is 5.75 Å². The first kappa shape index (κ1) is 14.2. The molecule has 0 aliphatic heterocycles. The molecule has 2 atom stereocenters. The molecule has 1 fully saturated rings. The summed E-state index contributed by atoms with van der Waals surface area (Å²) in [4.78, 5) is 0. The fourth-order valence-electron chi connectivity index (χ4n) is 2.71. The number of halogens is 2. The van der Waals surface area contributed by atoms with Gasteiger partial charge in [-0.3, -0.25) is 0 Å². The van der Waals surface area contributed by atoms with E-state index in [1.807, 2.05) is 0 Å². The molecule has 3 nitrogen and oxygen atoms in total. The fraction of sp³-hybridized carbons (Fsp3) is 0.571. The third kappa shape index (κ3) is 3.22. The summed E-state index contributed by atoms with van der Waals surface area (Å²) < 4.78 is 31.6. The minimum atomic E-state index is -0.575. The van der Waals surface area contributed by atoms with Crippen molar-refractivity contribution in [2.45, 2.75) is 31.2 Å². The van der Waals surface area contributed by atoms with Gasteiger partial charge >= 0.3 is 0 Å². The minimum Gasteiger partial charge on any atom is -0.490 e. The van der Waals surface area contributed by atoms with E-state index in [0.717, 1.165) is 37.5 Å². The smallest absolute Gasteiger partial charge is 0.165 e. The maximum absolute atomic E-state index is 13.3. The van der Waals surface area contributed by atoms with Crippen molar-refractivity contribution in [1.82, 2.24) is 0 Å². The van der Waals surface area contributed by atoms with Crippen molar-refractivity contribution in [3.05, 3.63) is 29.8 Å². The Kier molecular flexibility index (Phi) is 4.37. The number of aliphatic hydroxyl groups excluding tert-OH is 1. The van der Waals surface area contributed by atoms with Crippen LogP contribution in [-0.4, -0.2) is 23.9 Å². The van der Waals surface area contributed by atoms with Crippen LogP contribution >= 0.6 is 0 Å². The number of nitrogens with two attached hydrogens (primary N) is 1. The van der Waals surface area contributed by atoms with E-state index in [0.29, 0.717) is 6.42 Å². The minimum absolute atomic E-state index is 0.0496. The molecule has 1 aromatic carbocycles. The molecule has 19 heavy (non-hydrogen) atoms. The van der Waals surface area contributed by atoms with Crippen molar-refractivity contribution in [2.24, 2.45) is 11.7 Å². The Morgan fingerprint density at radius 3 is 2.95 bits per heavy atom. The highest BCUT2D eigenvalue weighted by Gasteiger charge is 2.38. The topological polar surface area (TPSA) is 55.5 Å². The van der Waals surface area contributed by atoms with Crippen LogP contribution in [-0.2, 0) is 0 Å². The molecule has 0 radical (unpaired) electrons. The van der Waals surface area contributed by atoms with Crippen molar-refractivity contribution in [3.63, 3.8) is 0 Å². The lowest BCUT2D eigenvalue weighted by molar-refractivity contribution is 0.142. The molecule has 1 aliphatic rings. The van der Waals surface area contributed by atoms with Crippen molar-refractivity contribution >= 4 is 0 Å². The number of aliphatic hydroxyl groups is 1. The summed E-state index contributed by atoms with van der Waals surface area (Å²) >= 11 is 0. The van der Waals surface area contributed by atoms with E-state index in [1.54, 1.807) is 0 Å². The number of rotatable bonds is 5. The third-order valence-corrected chi connectivity index (χ3v) is 3.92. The Morgan fingerprint density at radius 2 is 2.21 bits per heavy atom. The Morgan fingerprint density at radius 1 is 1.42 bits per heavy atom. The van der Waals surface area contributed by atoms with Gasteiger partial charge in [-0.05, 0) is 37.3 Å². The Labute approximate surface area is 111 Å². The lowest BCUT2D eigenvalue weighted by Gasteiger charge is -2.29. The van der Waals surface area contributed by atoms with Gasteiger partial charge < -0.3 is 15.6 Å². The highest BCUT2D eigenvalue weighted by molar-refractivity contribution is 5.24. The monoisotopic (exact) mass is 271 g/mol. The van der Waals surface area contributed by atoms with Crippen LogP contribution in [0.2, 0.25) is 0 Å². The molecule has 1 aliphatic carbocycles. The van der Waals surface area contributed by atoms with Gasteiger partial charge in [0.15, 0.2) is 11.6 Å². The Balaban J connectivity index is 1.88. The van der Waals surface area contributed by atoms with E-state index in [2.05, 4.69) is 0 Å². The predicted octanol–water partition coefficient (Wildman–Crippen LogP) is 2.22. The van der Waals surface area contributed by atoms with E-state index in [9.17, 15) is 13.9 Å². The molecule has 2 rings (SSSR count). The molecule has 0 saturated heterocycles. The predicted molar refractivity (Wildman–Crippen MR) is 67.8 cm³/mol. The molecule has 0 amide bonds. The van der Waals surface area contributed by atoms with Gasteiger partial charge in [0, 0.05) is 11.6 Å². The molecular weight excluding hydrogens is 252 g/mol. The van der Waals surface area contributed by atoms with Crippen LogP contribution in [0.4, 0.5) is 8.78 Å². The summed E-state index contributed by atoms with van der Waals surface area (Å²) in [7, 11) is 0. The number of ether oxygens (including phenoxy) is 1. The molecular formula is C14H19F2NO2. The summed E-state index contributed by atoms with van der Waals surface area (Å²) in [6.45, 7) is 0.218. The molecule has 3 N–H and O–H groups in total. The summed E-state index contributed by atoms with van der Waals surface area (Å²) in [5, 5.41) is 9.32. The van der Waals surface area contributed by atoms with Gasteiger partial charge in [-0.15, -0.1) is 0 Å². The fourth-order valence-corrected chi connectivity index (χ4v) is 2.71. The molecule has 106 valence electrons. The summed E-state index contributed by atoms with van der Waals surface area (Å²) in [6, 6.07) is 3.13. The van der Waals surface area contributed by atoms with Crippen molar-refractivity contribution < 1.29 is 18.6 Å². The van der Waals surface area contributed by atoms with Gasteiger partial charge in [-0.2, -0.15) is 0 Å². The van der Waals surface area contributed by atoms with Crippen molar-refractivity contribution in [3.8, 4) is 5.75 Å². The second-order valence-electron chi connectivity index (χ2n) is 5.19. The summed E-state index contributed by atoms with van der Waals surface area (Å²) in [5.41, 5.74) is 5.54. The lowest BCUT2D eigenvalue weighted by Crippen LogP contribution is -2.47. The summed E-state index contributed by atoms with van der Waals surface area (Å²) in [6.07, 6.45) is 3.34. The van der Waals surface area contributed by atoms with Gasteiger partial charge in [0.25, 0.3) is 0 Å². The number of hydrogen-bond acceptors (Lipinski definition) is 3. The van der Waals surface area contributed by atoms with E-state index >= 15 is 0 Å². The first-order valence-corrected chi connectivity index (χ1v) is 6.53. The second-order valence-corrected chi connectivity index (χ2v) is 5.19. The quantitative estimate of drug-likeness (QED) is 0.863. The highest BCUT2D eigenvalue weighted by Crippen LogP contribution is 2.35. The van der Waals surface area contributed by atoms with E-state index in [4.69, 9.17) is 10.5 Å². The van der Waals surface area contributed by atoms with Gasteiger partial charge in [-0.25, -0.2) is 8.78 Å². The van der Waals surface area contributed by atoms with E-state index in [1.165, 1.54) is 0 Å². The van der Waals surface area contributed by atoms with Crippen LogP contribution in [0, 0.1) is 17.6 Å². The lowest BCUT2D eigenvalue weighted by atomic mass is 9.87. The largest absolute Gasteiger partial charge is 0.490 e. The van der Waals surface area contributed by atoms with E-state index in [-0.39, 0.29) is 24.9 Å². The molecule has 0 bridgehead atoms. The molecule has 5 heteroatoms. The maximum Gasteiger partial charge on any atom is 0.165 e. The van der Waals surface area contributed by atoms with Crippen LogP contribution in [0.15, 0.2) is 18.2 Å². The van der Waals surface area contributed by atoms with E-state index < -0.39 is 17.2 Å². The molecule has 0 spiro atoms. The molecule has 0 aromatic heterocycles. The normalized spacial score (nSPS) is 26.6.